The van der Waals surface area contributed by atoms with Gasteiger partial charge in [-0.2, -0.15) is 0 Å². The molecule has 2 atom stereocenters. The first kappa shape index (κ1) is 36.9. The minimum absolute atomic E-state index is 0.000499. The van der Waals surface area contributed by atoms with Gasteiger partial charge in [-0.3, -0.25) is 14.6 Å². The molecule has 0 saturated heterocycles. The van der Waals surface area contributed by atoms with Gasteiger partial charge >= 0.3 is 0 Å². The van der Waals surface area contributed by atoms with Gasteiger partial charge in [0.15, 0.2) is 12.5 Å². The second-order valence-corrected chi connectivity index (χ2v) is 12.4. The summed E-state index contributed by atoms with van der Waals surface area (Å²) < 4.78 is 19.5. The van der Waals surface area contributed by atoms with Gasteiger partial charge in [-0.25, -0.2) is 0 Å². The van der Waals surface area contributed by atoms with Crippen molar-refractivity contribution in [2.45, 2.75) is 144 Å². The Morgan fingerprint density at radius 2 is 0.933 bits per heavy atom. The Hall–Kier alpha value is -2.57. The second-order valence-electron chi connectivity index (χ2n) is 12.4. The molecule has 45 heavy (non-hydrogen) atoms. The first-order chi connectivity index (χ1) is 22.0. The molecule has 0 fully saturated rings. The highest BCUT2D eigenvalue weighted by atomic mass is 16.5. The van der Waals surface area contributed by atoms with E-state index in [2.05, 4.69) is 51.3 Å². The minimum atomic E-state index is -0.0240. The second kappa shape index (κ2) is 20.5. The summed E-state index contributed by atoms with van der Waals surface area (Å²) in [5, 5.41) is 1.14. The Balaban J connectivity index is 1.79. The van der Waals surface area contributed by atoms with Gasteiger partial charge in [0.1, 0.15) is 22.7 Å². The molecule has 6 heteroatoms. The molecule has 0 aliphatic carbocycles. The van der Waals surface area contributed by atoms with Crippen LogP contribution in [0.4, 0.5) is 0 Å². The van der Waals surface area contributed by atoms with Crippen LogP contribution in [0, 0.1) is 0 Å². The van der Waals surface area contributed by atoms with Crippen LogP contribution in [-0.2, 0) is 0 Å². The summed E-state index contributed by atoms with van der Waals surface area (Å²) in [7, 11) is 0. The quantitative estimate of drug-likeness (QED) is 0.0563. The molecule has 2 unspecified atom stereocenters. The molecule has 0 bridgehead atoms. The summed E-state index contributed by atoms with van der Waals surface area (Å²) in [6.07, 6.45) is 17.1. The van der Waals surface area contributed by atoms with Crippen molar-refractivity contribution in [2.75, 3.05) is 26.2 Å². The van der Waals surface area contributed by atoms with E-state index < -0.39 is 0 Å². The maximum atomic E-state index is 13.5. The van der Waals surface area contributed by atoms with Crippen molar-refractivity contribution in [3.8, 4) is 11.5 Å². The van der Waals surface area contributed by atoms with Crippen LogP contribution in [0.2, 0.25) is 0 Å². The molecule has 0 aliphatic rings. The smallest absolute Gasteiger partial charge is 0.200 e. The van der Waals surface area contributed by atoms with E-state index in [1.54, 1.807) is 0 Å². The monoisotopic (exact) mass is 622 g/mol. The van der Waals surface area contributed by atoms with Crippen molar-refractivity contribution < 1.29 is 13.9 Å². The van der Waals surface area contributed by atoms with E-state index in [4.69, 9.17) is 13.9 Å². The van der Waals surface area contributed by atoms with Gasteiger partial charge in [0.25, 0.3) is 0 Å². The summed E-state index contributed by atoms with van der Waals surface area (Å²) in [6.45, 7) is 17.0. The molecule has 6 nitrogen and oxygen atoms in total. The Kier molecular flexibility index (Phi) is 16.8. The standard InChI is InChI=1S/C39H62N2O4/c1-7-13-15-17-19-21-23-37(40(9-3)10-4)43-31-25-27-33-35(29-31)45-36-30-32(26-28-34(36)39(33)42)44-38(41(11-5)12-6)24-22-20-18-16-14-8-2/h25-30,37-38H,7-24H2,1-6H3. The predicted octanol–water partition coefficient (Wildman–Crippen LogP) is 10.5. The number of hydrogen-bond acceptors (Lipinski definition) is 6. The normalized spacial score (nSPS) is 13.2. The van der Waals surface area contributed by atoms with E-state index in [0.29, 0.717) is 21.9 Å². The van der Waals surface area contributed by atoms with Crippen LogP contribution in [0.3, 0.4) is 0 Å². The number of unbranched alkanes of at least 4 members (excludes halogenated alkanes) is 10. The van der Waals surface area contributed by atoms with Crippen molar-refractivity contribution in [2.24, 2.45) is 0 Å². The van der Waals surface area contributed by atoms with Crippen LogP contribution in [0.15, 0.2) is 45.6 Å². The van der Waals surface area contributed by atoms with Crippen LogP contribution in [0.1, 0.15) is 131 Å². The highest BCUT2D eigenvalue weighted by Gasteiger charge is 2.20. The highest BCUT2D eigenvalue weighted by Crippen LogP contribution is 2.28. The van der Waals surface area contributed by atoms with Crippen LogP contribution >= 0.6 is 0 Å². The van der Waals surface area contributed by atoms with Crippen molar-refractivity contribution >= 4 is 21.9 Å². The topological polar surface area (TPSA) is 55.2 Å². The van der Waals surface area contributed by atoms with E-state index in [1.165, 1.54) is 64.2 Å². The third-order valence-corrected chi connectivity index (χ3v) is 9.21. The molecule has 0 saturated carbocycles. The molecule has 3 rings (SSSR count). The number of ether oxygens (including phenoxy) is 2. The van der Waals surface area contributed by atoms with E-state index in [1.807, 2.05) is 36.4 Å². The lowest BCUT2D eigenvalue weighted by atomic mass is 10.1. The van der Waals surface area contributed by atoms with Crippen molar-refractivity contribution in [3.63, 3.8) is 0 Å². The Bertz CT molecular complexity index is 1200. The van der Waals surface area contributed by atoms with Crippen LogP contribution in [0.5, 0.6) is 11.5 Å². The summed E-state index contributed by atoms with van der Waals surface area (Å²) in [5.74, 6) is 1.47. The fourth-order valence-corrected chi connectivity index (χ4v) is 6.37. The minimum Gasteiger partial charge on any atom is -0.475 e. The van der Waals surface area contributed by atoms with Gasteiger partial charge in [-0.15, -0.1) is 0 Å². The molecular formula is C39H62N2O4. The van der Waals surface area contributed by atoms with E-state index in [0.717, 1.165) is 63.4 Å². The van der Waals surface area contributed by atoms with Crippen LogP contribution in [0.25, 0.3) is 21.9 Å². The fraction of sp³-hybridized carbons (Fsp3) is 0.667. The molecule has 3 aromatic rings. The zero-order chi connectivity index (χ0) is 32.4. The van der Waals surface area contributed by atoms with Crippen LogP contribution in [-0.4, -0.2) is 48.4 Å². The van der Waals surface area contributed by atoms with Gasteiger partial charge in [0.05, 0.1) is 10.8 Å². The summed E-state index contributed by atoms with van der Waals surface area (Å²) >= 11 is 0. The van der Waals surface area contributed by atoms with Gasteiger partial charge in [0, 0.05) is 12.1 Å². The zero-order valence-electron chi connectivity index (χ0n) is 29.4. The first-order valence-electron chi connectivity index (χ1n) is 18.3. The molecule has 1 heterocycles. The lowest BCUT2D eigenvalue weighted by Gasteiger charge is -2.30. The lowest BCUT2D eigenvalue weighted by molar-refractivity contribution is 0.0240. The van der Waals surface area contributed by atoms with Crippen LogP contribution < -0.4 is 14.9 Å². The zero-order valence-corrected chi connectivity index (χ0v) is 29.4. The molecule has 0 radical (unpaired) electrons. The molecule has 2 aromatic carbocycles. The van der Waals surface area contributed by atoms with Crippen molar-refractivity contribution in [1.29, 1.82) is 0 Å². The molecule has 252 valence electrons. The third-order valence-electron chi connectivity index (χ3n) is 9.21. The third kappa shape index (κ3) is 11.3. The molecule has 1 aromatic heterocycles. The molecule has 0 amide bonds. The summed E-state index contributed by atoms with van der Waals surface area (Å²) in [5.41, 5.74) is 1.07. The average Bonchev–Trinajstić information content (AvgIpc) is 3.05. The Labute approximate surface area is 273 Å². The number of nitrogens with zero attached hydrogens (tertiary/aromatic N) is 2. The number of fused-ring (bicyclic) bond motifs is 2. The van der Waals surface area contributed by atoms with Gasteiger partial charge in [0.2, 0.25) is 5.43 Å². The van der Waals surface area contributed by atoms with Gasteiger partial charge in [-0.05, 0) is 76.1 Å². The molecule has 0 spiro atoms. The number of benzene rings is 2. The SMILES string of the molecule is CCCCCCCCC(Oc1ccc2c(=O)c3ccc(OC(CCCCCCCC)N(CC)CC)cc3oc2c1)N(CC)CC. The molecular weight excluding hydrogens is 560 g/mol. The summed E-state index contributed by atoms with van der Waals surface area (Å²) in [6, 6.07) is 11.3. The fourth-order valence-electron chi connectivity index (χ4n) is 6.37. The van der Waals surface area contributed by atoms with Gasteiger partial charge in [-0.1, -0.05) is 106 Å². The van der Waals surface area contributed by atoms with E-state index >= 15 is 0 Å². The Morgan fingerprint density at radius 1 is 0.556 bits per heavy atom. The maximum Gasteiger partial charge on any atom is 0.200 e. The maximum absolute atomic E-state index is 13.5. The lowest BCUT2D eigenvalue weighted by Crippen LogP contribution is -2.39. The first-order valence-corrected chi connectivity index (χ1v) is 18.3. The Morgan fingerprint density at radius 3 is 1.31 bits per heavy atom. The van der Waals surface area contributed by atoms with E-state index in [-0.39, 0.29) is 17.9 Å². The number of hydrogen-bond donors (Lipinski definition) is 0. The van der Waals surface area contributed by atoms with E-state index in [9.17, 15) is 4.79 Å². The number of rotatable bonds is 24. The van der Waals surface area contributed by atoms with Gasteiger partial charge < -0.3 is 13.9 Å². The molecule has 0 N–H and O–H groups in total. The average molecular weight is 623 g/mol. The largest absolute Gasteiger partial charge is 0.475 e. The highest BCUT2D eigenvalue weighted by molar-refractivity contribution is 5.90. The predicted molar refractivity (Wildman–Crippen MR) is 191 cm³/mol. The van der Waals surface area contributed by atoms with Crippen molar-refractivity contribution in [1.82, 2.24) is 9.80 Å². The summed E-state index contributed by atoms with van der Waals surface area (Å²) in [4.78, 5) is 18.2. The van der Waals surface area contributed by atoms with Crippen molar-refractivity contribution in [3.05, 3.63) is 46.6 Å². The molecule has 0 aliphatic heterocycles.